The molecule has 2 heterocycles. The Morgan fingerprint density at radius 1 is 1.10 bits per heavy atom. The van der Waals surface area contributed by atoms with Gasteiger partial charge in [0.2, 0.25) is 5.96 Å². The van der Waals surface area contributed by atoms with Crippen molar-refractivity contribution < 1.29 is 19.0 Å². The van der Waals surface area contributed by atoms with Crippen LogP contribution < -0.4 is 20.1 Å². The molecule has 0 saturated carbocycles. The van der Waals surface area contributed by atoms with Gasteiger partial charge < -0.3 is 24.8 Å². The molecular weight excluding hydrogens is 520 g/mol. The number of ether oxygens (including phenoxy) is 3. The lowest BCUT2D eigenvalue weighted by Crippen LogP contribution is -2.44. The van der Waals surface area contributed by atoms with E-state index in [2.05, 4.69) is 25.5 Å². The van der Waals surface area contributed by atoms with Gasteiger partial charge in [0.25, 0.3) is 0 Å². The maximum absolute atomic E-state index is 12.8. The zero-order valence-electron chi connectivity index (χ0n) is 25.2. The number of likely N-dealkylation sites (tertiary alicyclic amines) is 1. The van der Waals surface area contributed by atoms with Crippen LogP contribution in [-0.4, -0.2) is 71.8 Å². The summed E-state index contributed by atoms with van der Waals surface area (Å²) >= 11 is 0. The van der Waals surface area contributed by atoms with Gasteiger partial charge in [-0.05, 0) is 84.7 Å². The molecule has 1 aliphatic heterocycles. The molecule has 2 aromatic carbocycles. The van der Waals surface area contributed by atoms with E-state index in [1.165, 1.54) is 19.2 Å². The molecule has 0 radical (unpaired) electrons. The summed E-state index contributed by atoms with van der Waals surface area (Å²) in [6.07, 6.45) is 3.95. The lowest BCUT2D eigenvalue weighted by molar-refractivity contribution is -0.156. The molecule has 10 nitrogen and oxygen atoms in total. The lowest BCUT2D eigenvalue weighted by atomic mass is 10.1. The fourth-order valence-electron chi connectivity index (χ4n) is 4.69. The van der Waals surface area contributed by atoms with E-state index in [1.807, 2.05) is 65.0 Å². The number of guanidine groups is 1. The minimum atomic E-state index is -0.678. The van der Waals surface area contributed by atoms with E-state index in [4.69, 9.17) is 19.2 Å². The van der Waals surface area contributed by atoms with Crippen molar-refractivity contribution in [1.82, 2.24) is 20.2 Å². The Hall–Kier alpha value is -3.92. The molecule has 1 saturated heterocycles. The van der Waals surface area contributed by atoms with E-state index in [-0.39, 0.29) is 0 Å². The quantitative estimate of drug-likeness (QED) is 0.208. The highest BCUT2D eigenvalue weighted by Gasteiger charge is 2.23. The van der Waals surface area contributed by atoms with Crippen molar-refractivity contribution in [2.45, 2.75) is 66.0 Å². The van der Waals surface area contributed by atoms with Gasteiger partial charge in [-0.2, -0.15) is 4.99 Å². The molecule has 2 N–H and O–H groups in total. The molecule has 10 heteroatoms. The summed E-state index contributed by atoms with van der Waals surface area (Å²) in [4.78, 5) is 29.0. The molecule has 220 valence electrons. The highest BCUT2D eigenvalue weighted by atomic mass is 16.6. The van der Waals surface area contributed by atoms with Gasteiger partial charge in [0.15, 0.2) is 17.3 Å². The minimum absolute atomic E-state index is 0.352. The first-order valence-electron chi connectivity index (χ1n) is 14.1. The van der Waals surface area contributed by atoms with Crippen LogP contribution in [0.4, 0.5) is 11.5 Å². The molecule has 0 aliphatic carbocycles. The Morgan fingerprint density at radius 3 is 2.46 bits per heavy atom. The van der Waals surface area contributed by atoms with Gasteiger partial charge in [-0.25, -0.2) is 14.8 Å². The number of hydrogen-bond donors (Lipinski definition) is 2. The summed E-state index contributed by atoms with van der Waals surface area (Å²) in [7, 11) is 1.61. The van der Waals surface area contributed by atoms with Gasteiger partial charge in [0.05, 0.1) is 12.6 Å². The third-order valence-electron chi connectivity index (χ3n) is 6.82. The number of benzene rings is 2. The Bertz CT molecular complexity index is 1380. The van der Waals surface area contributed by atoms with Gasteiger partial charge >= 0.3 is 5.97 Å². The Labute approximate surface area is 242 Å². The number of anilines is 1. The standard InChI is InChI=1S/C31H42N6O4/c1-20-11-10-12-21(2)27(20)35-30(34-22(3)29(38)41-31(4,5)6)36-28-23-17-25(39-7)26(18-24(23)32-19-33-28)40-16-15-37-13-8-9-14-37/h10-12,17-19,22H,8-9,13-16H2,1-7H3,(H2,32,33,34,35,36)/t22-/m0/s1. The van der Waals surface area contributed by atoms with Gasteiger partial charge in [0, 0.05) is 23.7 Å². The maximum Gasteiger partial charge on any atom is 0.328 e. The summed E-state index contributed by atoms with van der Waals surface area (Å²) < 4.78 is 17.4. The van der Waals surface area contributed by atoms with Crippen molar-refractivity contribution in [3.8, 4) is 11.5 Å². The molecule has 1 fully saturated rings. The van der Waals surface area contributed by atoms with Crippen molar-refractivity contribution in [1.29, 1.82) is 0 Å². The van der Waals surface area contributed by atoms with Crippen LogP contribution in [0.1, 0.15) is 51.7 Å². The van der Waals surface area contributed by atoms with E-state index in [0.717, 1.165) is 36.4 Å². The number of carbonyl (C=O) groups excluding carboxylic acids is 1. The normalized spacial score (nSPS) is 15.0. The lowest BCUT2D eigenvalue weighted by Gasteiger charge is -2.24. The van der Waals surface area contributed by atoms with E-state index in [1.54, 1.807) is 14.0 Å². The molecule has 0 spiro atoms. The summed E-state index contributed by atoms with van der Waals surface area (Å²) in [5, 5.41) is 7.26. The third-order valence-corrected chi connectivity index (χ3v) is 6.82. The predicted octanol–water partition coefficient (Wildman–Crippen LogP) is 5.15. The first kappa shape index (κ1) is 30.0. The van der Waals surface area contributed by atoms with E-state index in [0.29, 0.717) is 40.8 Å². The number of aromatic nitrogens is 2. The summed E-state index contributed by atoms with van der Waals surface area (Å²) in [6, 6.07) is 9.05. The maximum atomic E-state index is 12.8. The first-order valence-corrected chi connectivity index (χ1v) is 14.1. The molecule has 1 aliphatic rings. The van der Waals surface area contributed by atoms with Crippen LogP contribution in [0.25, 0.3) is 10.9 Å². The molecule has 3 aromatic rings. The van der Waals surface area contributed by atoms with Gasteiger partial charge in [-0.3, -0.25) is 4.90 Å². The van der Waals surface area contributed by atoms with Crippen molar-refractivity contribution in [2.75, 3.05) is 38.7 Å². The monoisotopic (exact) mass is 562 g/mol. The third kappa shape index (κ3) is 8.07. The van der Waals surface area contributed by atoms with Crippen molar-refractivity contribution in [3.63, 3.8) is 0 Å². The fraction of sp³-hybridized carbons (Fsp3) is 0.484. The zero-order chi connectivity index (χ0) is 29.6. The molecule has 0 unspecified atom stereocenters. The topological polar surface area (TPSA) is 110 Å². The number of esters is 1. The predicted molar refractivity (Wildman–Crippen MR) is 162 cm³/mol. The number of fused-ring (bicyclic) bond motifs is 1. The Kier molecular flexibility index (Phi) is 9.65. The van der Waals surface area contributed by atoms with E-state index in [9.17, 15) is 4.79 Å². The summed E-state index contributed by atoms with van der Waals surface area (Å²) in [6.45, 7) is 15.0. The average Bonchev–Trinajstić information content (AvgIpc) is 3.43. The number of hydrogen-bond acceptors (Lipinski definition) is 8. The van der Waals surface area contributed by atoms with E-state index < -0.39 is 17.6 Å². The number of methoxy groups -OCH3 is 1. The highest BCUT2D eigenvalue weighted by molar-refractivity contribution is 6.01. The minimum Gasteiger partial charge on any atom is -0.493 e. The SMILES string of the molecule is COc1cc2c(N=C(Nc3c(C)cccc3C)N[C@@H](C)C(=O)OC(C)(C)C)ncnc2cc1OCCN1CCCC1. The molecule has 41 heavy (non-hydrogen) atoms. The average molecular weight is 563 g/mol. The summed E-state index contributed by atoms with van der Waals surface area (Å²) in [5.41, 5.74) is 3.02. The van der Waals surface area contributed by atoms with Gasteiger partial charge in [-0.15, -0.1) is 0 Å². The number of nitrogens with zero attached hydrogens (tertiary/aromatic N) is 4. The smallest absolute Gasteiger partial charge is 0.328 e. The van der Waals surface area contributed by atoms with Crippen LogP contribution >= 0.6 is 0 Å². The molecule has 0 bridgehead atoms. The van der Waals surface area contributed by atoms with Crippen molar-refractivity contribution >= 4 is 34.3 Å². The van der Waals surface area contributed by atoms with Gasteiger partial charge in [-0.1, -0.05) is 18.2 Å². The number of para-hydroxylation sites is 1. The number of aryl methyl sites for hydroxylation is 2. The second-order valence-corrected chi connectivity index (χ2v) is 11.4. The van der Waals surface area contributed by atoms with Crippen LogP contribution in [0.2, 0.25) is 0 Å². The molecule has 1 atom stereocenters. The van der Waals surface area contributed by atoms with E-state index >= 15 is 0 Å². The molecule has 1 aromatic heterocycles. The second-order valence-electron chi connectivity index (χ2n) is 11.4. The van der Waals surface area contributed by atoms with Crippen LogP contribution in [0.3, 0.4) is 0 Å². The second kappa shape index (κ2) is 13.2. The Morgan fingerprint density at radius 2 is 1.80 bits per heavy atom. The van der Waals surface area contributed by atoms with Gasteiger partial charge in [0.1, 0.15) is 24.6 Å². The number of carbonyl (C=O) groups is 1. The number of aliphatic imine (C=N–C) groups is 1. The fourth-order valence-corrected chi connectivity index (χ4v) is 4.69. The Balaban J connectivity index is 1.67. The van der Waals surface area contributed by atoms with Crippen LogP contribution in [0.5, 0.6) is 11.5 Å². The molecular formula is C31H42N6O4. The molecule has 0 amide bonds. The molecule has 4 rings (SSSR count). The number of nitrogens with one attached hydrogen (secondary N) is 2. The van der Waals surface area contributed by atoms with Crippen LogP contribution in [0.15, 0.2) is 41.7 Å². The van der Waals surface area contributed by atoms with Crippen LogP contribution in [-0.2, 0) is 9.53 Å². The highest BCUT2D eigenvalue weighted by Crippen LogP contribution is 2.35. The summed E-state index contributed by atoms with van der Waals surface area (Å²) in [5.74, 6) is 1.57. The van der Waals surface area contributed by atoms with Crippen molar-refractivity contribution in [3.05, 3.63) is 47.8 Å². The van der Waals surface area contributed by atoms with Crippen molar-refractivity contribution in [2.24, 2.45) is 4.99 Å². The first-order chi connectivity index (χ1) is 19.5. The largest absolute Gasteiger partial charge is 0.493 e. The number of rotatable bonds is 9. The van der Waals surface area contributed by atoms with Crippen LogP contribution in [0, 0.1) is 13.8 Å². The zero-order valence-corrected chi connectivity index (χ0v) is 25.2.